The minimum absolute atomic E-state index is 0.0107. The van der Waals surface area contributed by atoms with Crippen LogP contribution in [0.4, 0.5) is 0 Å². The van der Waals surface area contributed by atoms with Gasteiger partial charge in [-0.15, -0.1) is 0 Å². The average Bonchev–Trinajstić information content (AvgIpc) is 2.82. The van der Waals surface area contributed by atoms with Gasteiger partial charge in [0.05, 0.1) is 46.0 Å². The van der Waals surface area contributed by atoms with Crippen molar-refractivity contribution in [1.82, 2.24) is 10.2 Å². The first-order chi connectivity index (χ1) is 16.3. The van der Waals surface area contributed by atoms with E-state index in [-0.39, 0.29) is 24.5 Å². The quantitative estimate of drug-likeness (QED) is 0.563. The van der Waals surface area contributed by atoms with Gasteiger partial charge in [0, 0.05) is 25.2 Å². The van der Waals surface area contributed by atoms with Gasteiger partial charge in [0.15, 0.2) is 11.5 Å². The predicted molar refractivity (Wildman–Crippen MR) is 128 cm³/mol. The van der Waals surface area contributed by atoms with Crippen LogP contribution >= 0.6 is 0 Å². The lowest BCUT2D eigenvalue weighted by molar-refractivity contribution is -0.141. The number of nitrogens with one attached hydrogen (secondary N) is 1. The predicted octanol–water partition coefficient (Wildman–Crippen LogP) is 3.35. The van der Waals surface area contributed by atoms with Gasteiger partial charge in [-0.3, -0.25) is 14.5 Å². The SMILES string of the molecule is COC(=O)CC(NC(=O)c1ccc(CN2CC(C)OC(C)C2)cc1)c1ccc(OC)c(OC)c1. The first-order valence-electron chi connectivity index (χ1n) is 11.4. The van der Waals surface area contributed by atoms with Gasteiger partial charge in [-0.25, -0.2) is 0 Å². The van der Waals surface area contributed by atoms with E-state index < -0.39 is 12.0 Å². The lowest BCUT2D eigenvalue weighted by Gasteiger charge is -2.35. The molecule has 0 spiro atoms. The van der Waals surface area contributed by atoms with Gasteiger partial charge < -0.3 is 24.3 Å². The number of amides is 1. The standard InChI is InChI=1S/C26H34N2O6/c1-17-14-28(15-18(2)34-17)16-19-6-8-20(9-7-19)26(30)27-22(13-25(29)33-5)21-10-11-23(31-3)24(12-21)32-4/h6-12,17-18,22H,13-16H2,1-5H3,(H,27,30). The van der Waals surface area contributed by atoms with Crippen molar-refractivity contribution in [3.05, 3.63) is 59.2 Å². The fraction of sp³-hybridized carbons (Fsp3) is 0.462. The van der Waals surface area contributed by atoms with Crippen molar-refractivity contribution in [3.8, 4) is 11.5 Å². The van der Waals surface area contributed by atoms with Crippen molar-refractivity contribution in [2.45, 2.75) is 45.1 Å². The van der Waals surface area contributed by atoms with Gasteiger partial charge in [0.1, 0.15) is 0 Å². The Morgan fingerprint density at radius 3 is 2.24 bits per heavy atom. The Hall–Kier alpha value is -3.10. The summed E-state index contributed by atoms with van der Waals surface area (Å²) >= 11 is 0. The Labute approximate surface area is 201 Å². The van der Waals surface area contributed by atoms with Gasteiger partial charge in [-0.05, 0) is 49.2 Å². The van der Waals surface area contributed by atoms with E-state index in [0.29, 0.717) is 22.6 Å². The first-order valence-corrected chi connectivity index (χ1v) is 11.4. The number of hydrogen-bond donors (Lipinski definition) is 1. The maximum atomic E-state index is 13.0. The zero-order chi connectivity index (χ0) is 24.7. The summed E-state index contributed by atoms with van der Waals surface area (Å²) in [6.45, 7) is 6.73. The highest BCUT2D eigenvalue weighted by Crippen LogP contribution is 2.31. The van der Waals surface area contributed by atoms with Crippen LogP contribution in [0.5, 0.6) is 11.5 Å². The molecule has 3 unspecified atom stereocenters. The molecule has 1 aliphatic rings. The van der Waals surface area contributed by atoms with Crippen LogP contribution in [0.15, 0.2) is 42.5 Å². The van der Waals surface area contributed by atoms with Crippen molar-refractivity contribution in [1.29, 1.82) is 0 Å². The molecule has 2 aromatic carbocycles. The molecule has 0 aromatic heterocycles. The van der Waals surface area contributed by atoms with Gasteiger partial charge >= 0.3 is 5.97 Å². The van der Waals surface area contributed by atoms with E-state index in [9.17, 15) is 9.59 Å². The van der Waals surface area contributed by atoms with Crippen molar-refractivity contribution in [2.24, 2.45) is 0 Å². The second kappa shape index (κ2) is 11.9. The smallest absolute Gasteiger partial charge is 0.307 e. The van der Waals surface area contributed by atoms with E-state index in [1.54, 1.807) is 25.3 Å². The number of nitrogens with zero attached hydrogens (tertiary/aromatic N) is 1. The molecule has 1 amide bonds. The molecule has 0 bridgehead atoms. The molecule has 184 valence electrons. The molecule has 1 N–H and O–H groups in total. The molecule has 0 saturated carbocycles. The van der Waals surface area contributed by atoms with Gasteiger partial charge in [-0.2, -0.15) is 0 Å². The molecular formula is C26H34N2O6. The molecule has 1 aliphatic heterocycles. The highest BCUT2D eigenvalue weighted by atomic mass is 16.5. The summed E-state index contributed by atoms with van der Waals surface area (Å²) in [6, 6.07) is 12.2. The van der Waals surface area contributed by atoms with Gasteiger partial charge in [0.2, 0.25) is 0 Å². The van der Waals surface area contributed by atoms with Crippen LogP contribution in [-0.4, -0.2) is 63.4 Å². The topological polar surface area (TPSA) is 86.3 Å². The fourth-order valence-electron chi connectivity index (χ4n) is 4.25. The lowest BCUT2D eigenvalue weighted by Crippen LogP contribution is -2.44. The molecule has 0 radical (unpaired) electrons. The van der Waals surface area contributed by atoms with E-state index in [1.165, 1.54) is 14.2 Å². The Kier molecular flexibility index (Phi) is 8.90. The summed E-state index contributed by atoms with van der Waals surface area (Å²) in [5, 5.41) is 2.95. The summed E-state index contributed by atoms with van der Waals surface area (Å²) in [5.41, 5.74) is 2.36. The van der Waals surface area contributed by atoms with Crippen molar-refractivity contribution >= 4 is 11.9 Å². The molecule has 3 atom stereocenters. The van der Waals surface area contributed by atoms with Crippen molar-refractivity contribution in [3.63, 3.8) is 0 Å². The molecule has 0 aliphatic carbocycles. The maximum absolute atomic E-state index is 13.0. The Balaban J connectivity index is 1.71. The summed E-state index contributed by atoms with van der Waals surface area (Å²) in [4.78, 5) is 27.4. The number of hydrogen-bond acceptors (Lipinski definition) is 7. The van der Waals surface area contributed by atoms with Crippen LogP contribution in [-0.2, 0) is 20.8 Å². The lowest BCUT2D eigenvalue weighted by atomic mass is 10.0. The number of benzene rings is 2. The van der Waals surface area contributed by atoms with Crippen LogP contribution < -0.4 is 14.8 Å². The van der Waals surface area contributed by atoms with Crippen molar-refractivity contribution in [2.75, 3.05) is 34.4 Å². The molecule has 2 aromatic rings. The van der Waals surface area contributed by atoms with Gasteiger partial charge in [-0.1, -0.05) is 18.2 Å². The Bertz CT molecular complexity index is 968. The molecule has 8 nitrogen and oxygen atoms in total. The summed E-state index contributed by atoms with van der Waals surface area (Å²) in [5.74, 6) is 0.377. The molecule has 1 fully saturated rings. The third-order valence-corrected chi connectivity index (χ3v) is 5.83. The third kappa shape index (κ3) is 6.71. The molecule has 8 heteroatoms. The number of ether oxygens (including phenoxy) is 4. The molecular weight excluding hydrogens is 436 g/mol. The normalized spacial score (nSPS) is 19.2. The van der Waals surface area contributed by atoms with E-state index in [2.05, 4.69) is 24.1 Å². The van der Waals surface area contributed by atoms with Crippen LogP contribution in [0.1, 0.15) is 47.8 Å². The number of methoxy groups -OCH3 is 3. The van der Waals surface area contributed by atoms with E-state index >= 15 is 0 Å². The number of esters is 1. The largest absolute Gasteiger partial charge is 0.493 e. The molecule has 1 saturated heterocycles. The summed E-state index contributed by atoms with van der Waals surface area (Å²) in [6.07, 6.45) is 0.401. The van der Waals surface area contributed by atoms with Gasteiger partial charge in [0.25, 0.3) is 5.91 Å². The van der Waals surface area contributed by atoms with E-state index in [0.717, 1.165) is 25.2 Å². The highest BCUT2D eigenvalue weighted by Gasteiger charge is 2.23. The second-order valence-corrected chi connectivity index (χ2v) is 8.57. The Morgan fingerprint density at radius 1 is 1.00 bits per heavy atom. The second-order valence-electron chi connectivity index (χ2n) is 8.57. The number of morpholine rings is 1. The first kappa shape index (κ1) is 25.5. The maximum Gasteiger partial charge on any atom is 0.307 e. The fourth-order valence-corrected chi connectivity index (χ4v) is 4.25. The third-order valence-electron chi connectivity index (χ3n) is 5.83. The number of carbonyl (C=O) groups is 2. The average molecular weight is 471 g/mol. The Morgan fingerprint density at radius 2 is 1.65 bits per heavy atom. The number of carbonyl (C=O) groups excluding carboxylic acids is 2. The highest BCUT2D eigenvalue weighted by molar-refractivity contribution is 5.94. The molecule has 1 heterocycles. The zero-order valence-corrected chi connectivity index (χ0v) is 20.5. The summed E-state index contributed by atoms with van der Waals surface area (Å²) in [7, 11) is 4.41. The van der Waals surface area contributed by atoms with Crippen molar-refractivity contribution < 1.29 is 28.5 Å². The molecule has 34 heavy (non-hydrogen) atoms. The van der Waals surface area contributed by atoms with Crippen LogP contribution in [0, 0.1) is 0 Å². The van der Waals surface area contributed by atoms with Crippen LogP contribution in [0.25, 0.3) is 0 Å². The zero-order valence-electron chi connectivity index (χ0n) is 20.5. The van der Waals surface area contributed by atoms with Crippen LogP contribution in [0.3, 0.4) is 0 Å². The monoisotopic (exact) mass is 470 g/mol. The number of rotatable bonds is 9. The van der Waals surface area contributed by atoms with E-state index in [4.69, 9.17) is 18.9 Å². The molecule has 3 rings (SSSR count). The minimum Gasteiger partial charge on any atom is -0.493 e. The van der Waals surface area contributed by atoms with Crippen LogP contribution in [0.2, 0.25) is 0 Å². The minimum atomic E-state index is -0.587. The summed E-state index contributed by atoms with van der Waals surface area (Å²) < 4.78 is 21.3. The van der Waals surface area contributed by atoms with E-state index in [1.807, 2.05) is 24.3 Å².